The Morgan fingerprint density at radius 3 is 2.69 bits per heavy atom. The third kappa shape index (κ3) is 2.60. The standard InChI is InChI=1S/C16H10ClF4N5/c17-8-1-2-11-9(5-8)13(6-23-11)25-15-24-12-4-7(16(19,20)21)3-10(18)14(12)26(15)22/h1-6,23H,22H2,(H,24,25). The van der Waals surface area contributed by atoms with Crippen molar-refractivity contribution in [1.82, 2.24) is 14.6 Å². The number of nitrogens with two attached hydrogens (primary N) is 1. The summed E-state index contributed by atoms with van der Waals surface area (Å²) in [7, 11) is 0. The molecule has 2 aromatic heterocycles. The fraction of sp³-hybridized carbons (Fsp3) is 0.0625. The van der Waals surface area contributed by atoms with Crippen LogP contribution in [0.4, 0.5) is 29.2 Å². The Balaban J connectivity index is 1.83. The van der Waals surface area contributed by atoms with Crippen molar-refractivity contribution >= 4 is 45.2 Å². The number of alkyl halides is 3. The molecule has 0 aliphatic carbocycles. The molecule has 0 atom stereocenters. The maximum Gasteiger partial charge on any atom is 0.416 e. The second-order valence-electron chi connectivity index (χ2n) is 5.65. The maximum absolute atomic E-state index is 14.1. The van der Waals surface area contributed by atoms with Crippen LogP contribution in [0.15, 0.2) is 36.5 Å². The summed E-state index contributed by atoms with van der Waals surface area (Å²) in [6.07, 6.45) is -3.06. The minimum atomic E-state index is -4.69. The number of aromatic nitrogens is 3. The molecule has 0 spiro atoms. The number of nitrogen functional groups attached to an aromatic ring is 1. The summed E-state index contributed by atoms with van der Waals surface area (Å²) in [5.74, 6) is 4.70. The lowest BCUT2D eigenvalue weighted by molar-refractivity contribution is -0.137. The molecule has 0 aliphatic heterocycles. The number of nitrogens with one attached hydrogen (secondary N) is 2. The van der Waals surface area contributed by atoms with Gasteiger partial charge in [0.2, 0.25) is 5.95 Å². The van der Waals surface area contributed by atoms with Crippen LogP contribution >= 0.6 is 11.6 Å². The van der Waals surface area contributed by atoms with E-state index < -0.39 is 17.6 Å². The molecule has 2 aromatic carbocycles. The van der Waals surface area contributed by atoms with Crippen LogP contribution in [0.25, 0.3) is 21.9 Å². The molecule has 0 aliphatic rings. The van der Waals surface area contributed by atoms with Crippen molar-refractivity contribution < 1.29 is 17.6 Å². The minimum Gasteiger partial charge on any atom is -0.359 e. The Hall–Kier alpha value is -2.94. The van der Waals surface area contributed by atoms with Crippen LogP contribution in [0.3, 0.4) is 0 Å². The number of hydrogen-bond acceptors (Lipinski definition) is 3. The average molecular weight is 384 g/mol. The van der Waals surface area contributed by atoms with E-state index >= 15 is 0 Å². The number of aromatic amines is 1. The first-order chi connectivity index (χ1) is 12.2. The fourth-order valence-electron chi connectivity index (χ4n) is 2.75. The van der Waals surface area contributed by atoms with Gasteiger partial charge in [-0.05, 0) is 30.3 Å². The number of benzene rings is 2. The van der Waals surface area contributed by atoms with Crippen molar-refractivity contribution in [3.63, 3.8) is 0 Å². The van der Waals surface area contributed by atoms with Crippen LogP contribution in [-0.4, -0.2) is 14.6 Å². The Labute approximate surface area is 148 Å². The molecule has 134 valence electrons. The molecule has 2 heterocycles. The zero-order chi connectivity index (χ0) is 18.6. The topological polar surface area (TPSA) is 71.7 Å². The number of imidazole rings is 1. The quantitative estimate of drug-likeness (QED) is 0.344. The lowest BCUT2D eigenvalue weighted by atomic mass is 10.2. The SMILES string of the molecule is Nn1c(Nc2c[nH]c3ccc(Cl)cc23)nc2cc(C(F)(F)F)cc(F)c21. The van der Waals surface area contributed by atoms with Crippen molar-refractivity contribution in [3.8, 4) is 0 Å². The zero-order valence-corrected chi connectivity index (χ0v) is 13.6. The van der Waals surface area contributed by atoms with Crippen molar-refractivity contribution in [3.05, 3.63) is 52.9 Å². The van der Waals surface area contributed by atoms with E-state index in [1.165, 1.54) is 0 Å². The van der Waals surface area contributed by atoms with Crippen LogP contribution in [0.1, 0.15) is 5.56 Å². The second-order valence-corrected chi connectivity index (χ2v) is 6.08. The first-order valence-electron chi connectivity index (χ1n) is 7.32. The highest BCUT2D eigenvalue weighted by atomic mass is 35.5. The first-order valence-corrected chi connectivity index (χ1v) is 7.70. The van der Waals surface area contributed by atoms with E-state index in [4.69, 9.17) is 17.4 Å². The van der Waals surface area contributed by atoms with Crippen molar-refractivity contribution in [2.24, 2.45) is 0 Å². The predicted molar refractivity (Wildman–Crippen MR) is 91.4 cm³/mol. The third-order valence-corrected chi connectivity index (χ3v) is 4.19. The molecule has 0 fully saturated rings. The largest absolute Gasteiger partial charge is 0.416 e. The predicted octanol–water partition coefficient (Wildman–Crippen LogP) is 4.79. The Bertz CT molecular complexity index is 1150. The Morgan fingerprint density at radius 1 is 1.19 bits per heavy atom. The molecule has 10 heteroatoms. The van der Waals surface area contributed by atoms with Gasteiger partial charge in [-0.1, -0.05) is 11.6 Å². The zero-order valence-electron chi connectivity index (χ0n) is 12.8. The number of rotatable bonds is 2. The van der Waals surface area contributed by atoms with Gasteiger partial charge in [0.25, 0.3) is 0 Å². The molecule has 4 rings (SSSR count). The average Bonchev–Trinajstić information content (AvgIpc) is 3.09. The molecule has 0 saturated carbocycles. The van der Waals surface area contributed by atoms with Gasteiger partial charge in [0, 0.05) is 22.1 Å². The van der Waals surface area contributed by atoms with Crippen molar-refractivity contribution in [1.29, 1.82) is 0 Å². The number of halogens is 5. The Morgan fingerprint density at radius 2 is 1.96 bits per heavy atom. The summed E-state index contributed by atoms with van der Waals surface area (Å²) in [6.45, 7) is 0. The molecule has 0 amide bonds. The summed E-state index contributed by atoms with van der Waals surface area (Å²) in [4.78, 5) is 7.00. The lowest BCUT2D eigenvalue weighted by Gasteiger charge is -2.07. The number of hydrogen-bond donors (Lipinski definition) is 3. The van der Waals surface area contributed by atoms with Gasteiger partial charge in [0.1, 0.15) is 5.52 Å². The molecule has 4 N–H and O–H groups in total. The number of fused-ring (bicyclic) bond motifs is 2. The van der Waals surface area contributed by atoms with Gasteiger partial charge < -0.3 is 16.1 Å². The van der Waals surface area contributed by atoms with Gasteiger partial charge in [0.05, 0.1) is 16.8 Å². The normalized spacial score (nSPS) is 12.2. The molecule has 0 saturated heterocycles. The molecule has 4 aromatic rings. The van der Waals surface area contributed by atoms with Crippen LogP contribution in [0, 0.1) is 5.82 Å². The summed E-state index contributed by atoms with van der Waals surface area (Å²) < 4.78 is 53.6. The van der Waals surface area contributed by atoms with Gasteiger partial charge in [-0.3, -0.25) is 0 Å². The smallest absolute Gasteiger partial charge is 0.359 e. The number of anilines is 2. The van der Waals surface area contributed by atoms with Gasteiger partial charge in [0.15, 0.2) is 5.82 Å². The molecular formula is C16H10ClF4N5. The highest BCUT2D eigenvalue weighted by Crippen LogP contribution is 2.34. The van der Waals surface area contributed by atoms with Crippen molar-refractivity contribution in [2.45, 2.75) is 6.18 Å². The number of nitrogens with zero attached hydrogens (tertiary/aromatic N) is 2. The van der Waals surface area contributed by atoms with Gasteiger partial charge >= 0.3 is 6.18 Å². The summed E-state index contributed by atoms with van der Waals surface area (Å²) in [5.41, 5.74) is -0.257. The van der Waals surface area contributed by atoms with E-state index in [0.29, 0.717) is 16.8 Å². The van der Waals surface area contributed by atoms with E-state index in [0.717, 1.165) is 21.6 Å². The fourth-order valence-corrected chi connectivity index (χ4v) is 2.92. The van der Waals surface area contributed by atoms with Crippen LogP contribution in [0.2, 0.25) is 5.02 Å². The van der Waals surface area contributed by atoms with Gasteiger partial charge in [-0.25, -0.2) is 14.1 Å². The summed E-state index contributed by atoms with van der Waals surface area (Å²) >= 11 is 5.98. The molecule has 0 unspecified atom stereocenters. The Kier molecular flexibility index (Phi) is 3.52. The van der Waals surface area contributed by atoms with Crippen molar-refractivity contribution in [2.75, 3.05) is 11.2 Å². The van der Waals surface area contributed by atoms with E-state index in [-0.39, 0.29) is 17.0 Å². The third-order valence-electron chi connectivity index (χ3n) is 3.96. The molecular weight excluding hydrogens is 374 g/mol. The highest BCUT2D eigenvalue weighted by Gasteiger charge is 2.32. The number of H-pyrrole nitrogens is 1. The van der Waals surface area contributed by atoms with Gasteiger partial charge in [-0.15, -0.1) is 0 Å². The molecule has 5 nitrogen and oxygen atoms in total. The van der Waals surface area contributed by atoms with E-state index in [1.54, 1.807) is 24.4 Å². The van der Waals surface area contributed by atoms with Crippen LogP contribution in [-0.2, 0) is 6.18 Å². The second kappa shape index (κ2) is 5.53. The molecule has 0 radical (unpaired) electrons. The summed E-state index contributed by atoms with van der Waals surface area (Å²) in [6, 6.07) is 6.31. The monoisotopic (exact) mass is 383 g/mol. The lowest BCUT2D eigenvalue weighted by Crippen LogP contribution is -2.13. The first kappa shape index (κ1) is 16.5. The van der Waals surface area contributed by atoms with E-state index in [2.05, 4.69) is 15.3 Å². The van der Waals surface area contributed by atoms with E-state index in [1.807, 2.05) is 0 Å². The van der Waals surface area contributed by atoms with E-state index in [9.17, 15) is 17.6 Å². The molecule has 26 heavy (non-hydrogen) atoms. The minimum absolute atomic E-state index is 0.0147. The maximum atomic E-state index is 14.1. The highest BCUT2D eigenvalue weighted by molar-refractivity contribution is 6.31. The van der Waals surface area contributed by atoms with Gasteiger partial charge in [-0.2, -0.15) is 13.2 Å². The van der Waals surface area contributed by atoms with Crippen LogP contribution < -0.4 is 11.2 Å². The molecule has 0 bridgehead atoms. The van der Waals surface area contributed by atoms with Crippen LogP contribution in [0.5, 0.6) is 0 Å². The summed E-state index contributed by atoms with van der Waals surface area (Å²) in [5, 5.41) is 4.11.